The first-order valence-corrected chi connectivity index (χ1v) is 5.38. The van der Waals surface area contributed by atoms with Crippen LogP contribution in [0.1, 0.15) is 19.3 Å². The summed E-state index contributed by atoms with van der Waals surface area (Å²) in [4.78, 5) is 15.8. The zero-order valence-corrected chi connectivity index (χ0v) is 8.83. The van der Waals surface area contributed by atoms with E-state index in [1.54, 1.807) is 0 Å². The van der Waals surface area contributed by atoms with E-state index >= 15 is 0 Å². The molecular weight excluding hydrogens is 176 g/mol. The third-order valence-corrected chi connectivity index (χ3v) is 3.09. The molecule has 0 aromatic rings. The second-order valence-corrected chi connectivity index (χ2v) is 4.42. The van der Waals surface area contributed by atoms with E-state index in [9.17, 15) is 4.79 Å². The molecular formula is C11H18N2O. The van der Waals surface area contributed by atoms with Crippen LogP contribution in [0, 0.1) is 5.92 Å². The van der Waals surface area contributed by atoms with Gasteiger partial charge in [-0.3, -0.25) is 4.79 Å². The van der Waals surface area contributed by atoms with E-state index in [-0.39, 0.29) is 5.91 Å². The Balaban J connectivity index is 2.01. The Bertz CT molecular complexity index is 258. The van der Waals surface area contributed by atoms with Crippen molar-refractivity contribution < 1.29 is 4.79 Å². The molecule has 0 atom stereocenters. The summed E-state index contributed by atoms with van der Waals surface area (Å²) in [6.45, 7) is 6.65. The van der Waals surface area contributed by atoms with Crippen molar-refractivity contribution in [3.05, 3.63) is 12.3 Å². The third-order valence-electron chi connectivity index (χ3n) is 3.09. The summed E-state index contributed by atoms with van der Waals surface area (Å²) >= 11 is 0. The molecule has 0 unspecified atom stereocenters. The van der Waals surface area contributed by atoms with Crippen molar-refractivity contribution in [2.24, 2.45) is 5.92 Å². The lowest BCUT2D eigenvalue weighted by Crippen LogP contribution is -2.34. The zero-order chi connectivity index (χ0) is 10.1. The van der Waals surface area contributed by atoms with Gasteiger partial charge in [-0.2, -0.15) is 0 Å². The van der Waals surface area contributed by atoms with Gasteiger partial charge in [0.15, 0.2) is 0 Å². The first-order chi connectivity index (χ1) is 6.68. The molecule has 0 spiro atoms. The normalized spacial score (nSPS) is 24.1. The second kappa shape index (κ2) is 3.64. The highest BCUT2D eigenvalue weighted by Gasteiger charge is 2.29. The van der Waals surface area contributed by atoms with Gasteiger partial charge in [0.05, 0.1) is 5.70 Å². The SMILES string of the molecule is C=C1C(=O)N(CC2CC2)CCCN1C. The highest BCUT2D eigenvalue weighted by Crippen LogP contribution is 2.30. The molecule has 1 saturated heterocycles. The van der Waals surface area contributed by atoms with Crippen LogP contribution in [0.25, 0.3) is 0 Å². The van der Waals surface area contributed by atoms with Gasteiger partial charge in [-0.15, -0.1) is 0 Å². The maximum absolute atomic E-state index is 11.9. The molecule has 0 bridgehead atoms. The van der Waals surface area contributed by atoms with Crippen LogP contribution in [0.3, 0.4) is 0 Å². The number of likely N-dealkylation sites (N-methyl/N-ethyl adjacent to an activating group) is 1. The lowest BCUT2D eigenvalue weighted by Gasteiger charge is -2.22. The molecule has 0 radical (unpaired) electrons. The molecule has 1 saturated carbocycles. The van der Waals surface area contributed by atoms with Gasteiger partial charge < -0.3 is 9.80 Å². The maximum atomic E-state index is 11.9. The van der Waals surface area contributed by atoms with E-state index in [4.69, 9.17) is 0 Å². The Morgan fingerprint density at radius 1 is 1.43 bits per heavy atom. The van der Waals surface area contributed by atoms with Gasteiger partial charge in [0, 0.05) is 26.7 Å². The fraction of sp³-hybridized carbons (Fsp3) is 0.727. The quantitative estimate of drug-likeness (QED) is 0.614. The minimum atomic E-state index is 0.136. The minimum absolute atomic E-state index is 0.136. The molecule has 3 nitrogen and oxygen atoms in total. The van der Waals surface area contributed by atoms with Crippen LogP contribution in [-0.4, -0.2) is 42.4 Å². The monoisotopic (exact) mass is 194 g/mol. The summed E-state index contributed by atoms with van der Waals surface area (Å²) in [5.74, 6) is 0.909. The van der Waals surface area contributed by atoms with Crippen molar-refractivity contribution in [1.82, 2.24) is 9.80 Å². The third kappa shape index (κ3) is 1.91. The largest absolute Gasteiger partial charge is 0.371 e. The topological polar surface area (TPSA) is 23.6 Å². The minimum Gasteiger partial charge on any atom is -0.371 e. The number of carbonyl (C=O) groups excluding carboxylic acids is 1. The average molecular weight is 194 g/mol. The van der Waals surface area contributed by atoms with Gasteiger partial charge in [0.1, 0.15) is 0 Å². The smallest absolute Gasteiger partial charge is 0.269 e. The van der Waals surface area contributed by atoms with Crippen molar-refractivity contribution in [3.8, 4) is 0 Å². The molecule has 2 rings (SSSR count). The molecule has 0 aromatic heterocycles. The number of amides is 1. The van der Waals surface area contributed by atoms with E-state index in [2.05, 4.69) is 6.58 Å². The van der Waals surface area contributed by atoms with Crippen LogP contribution < -0.4 is 0 Å². The fourth-order valence-corrected chi connectivity index (χ4v) is 1.87. The summed E-state index contributed by atoms with van der Waals surface area (Å²) in [6, 6.07) is 0. The Morgan fingerprint density at radius 2 is 2.14 bits per heavy atom. The van der Waals surface area contributed by atoms with Gasteiger partial charge in [0.2, 0.25) is 0 Å². The zero-order valence-electron chi connectivity index (χ0n) is 8.83. The van der Waals surface area contributed by atoms with E-state index < -0.39 is 0 Å². The Labute approximate surface area is 85.4 Å². The van der Waals surface area contributed by atoms with Crippen molar-refractivity contribution in [2.45, 2.75) is 19.3 Å². The molecule has 2 aliphatic rings. The predicted octanol–water partition coefficient (Wildman–Crippen LogP) is 1.07. The fourth-order valence-electron chi connectivity index (χ4n) is 1.87. The molecule has 1 aliphatic carbocycles. The van der Waals surface area contributed by atoms with Gasteiger partial charge in [0.25, 0.3) is 5.91 Å². The van der Waals surface area contributed by atoms with Gasteiger partial charge >= 0.3 is 0 Å². The summed E-state index contributed by atoms with van der Waals surface area (Å²) in [6.07, 6.45) is 3.66. The highest BCUT2D eigenvalue weighted by atomic mass is 16.2. The molecule has 1 aliphatic heterocycles. The summed E-state index contributed by atoms with van der Waals surface area (Å²) in [7, 11) is 1.95. The van der Waals surface area contributed by atoms with Gasteiger partial charge in [-0.1, -0.05) is 6.58 Å². The lowest BCUT2D eigenvalue weighted by atomic mass is 10.3. The van der Waals surface area contributed by atoms with Crippen molar-refractivity contribution in [1.29, 1.82) is 0 Å². The van der Waals surface area contributed by atoms with Crippen LogP contribution in [0.2, 0.25) is 0 Å². The highest BCUT2D eigenvalue weighted by molar-refractivity contribution is 5.92. The molecule has 1 amide bonds. The number of hydrogen-bond donors (Lipinski definition) is 0. The van der Waals surface area contributed by atoms with Crippen molar-refractivity contribution >= 4 is 5.91 Å². The van der Waals surface area contributed by atoms with Crippen LogP contribution in [0.15, 0.2) is 12.3 Å². The number of rotatable bonds is 2. The molecule has 0 N–H and O–H groups in total. The lowest BCUT2D eigenvalue weighted by molar-refractivity contribution is -0.128. The van der Waals surface area contributed by atoms with E-state index in [1.165, 1.54) is 12.8 Å². The number of hydrogen-bond acceptors (Lipinski definition) is 2. The standard InChI is InChI=1S/C11H18N2O/c1-9-11(14)13(8-10-4-5-10)7-3-6-12(9)2/h10H,1,3-8H2,2H3. The second-order valence-electron chi connectivity index (χ2n) is 4.42. The molecule has 0 aromatic carbocycles. The van der Waals surface area contributed by atoms with E-state index in [0.717, 1.165) is 32.0 Å². The van der Waals surface area contributed by atoms with Gasteiger partial charge in [-0.05, 0) is 25.2 Å². The average Bonchev–Trinajstić information content (AvgIpc) is 2.97. The molecule has 1 heterocycles. The number of nitrogens with zero attached hydrogens (tertiary/aromatic N) is 2. The Kier molecular flexibility index (Phi) is 2.48. The summed E-state index contributed by atoms with van der Waals surface area (Å²) < 4.78 is 0. The van der Waals surface area contributed by atoms with Crippen LogP contribution >= 0.6 is 0 Å². The Morgan fingerprint density at radius 3 is 2.79 bits per heavy atom. The Hall–Kier alpha value is -0.990. The summed E-state index contributed by atoms with van der Waals surface area (Å²) in [5.41, 5.74) is 0.656. The number of carbonyl (C=O) groups is 1. The van der Waals surface area contributed by atoms with Crippen LogP contribution in [-0.2, 0) is 4.79 Å². The molecule has 78 valence electrons. The van der Waals surface area contributed by atoms with Gasteiger partial charge in [-0.25, -0.2) is 0 Å². The maximum Gasteiger partial charge on any atom is 0.269 e. The van der Waals surface area contributed by atoms with E-state index in [1.807, 2.05) is 16.8 Å². The van der Waals surface area contributed by atoms with Crippen molar-refractivity contribution in [3.63, 3.8) is 0 Å². The first kappa shape index (κ1) is 9.56. The molecule has 14 heavy (non-hydrogen) atoms. The van der Waals surface area contributed by atoms with Crippen LogP contribution in [0.5, 0.6) is 0 Å². The first-order valence-electron chi connectivity index (χ1n) is 5.38. The molecule has 2 fully saturated rings. The van der Waals surface area contributed by atoms with E-state index in [0.29, 0.717) is 5.70 Å². The molecule has 3 heteroatoms. The predicted molar refractivity (Wildman–Crippen MR) is 55.7 cm³/mol. The summed E-state index contributed by atoms with van der Waals surface area (Å²) in [5, 5.41) is 0. The van der Waals surface area contributed by atoms with Crippen LogP contribution in [0.4, 0.5) is 0 Å². The van der Waals surface area contributed by atoms with Crippen molar-refractivity contribution in [2.75, 3.05) is 26.7 Å².